The van der Waals surface area contributed by atoms with E-state index in [2.05, 4.69) is 12.2 Å². The molecule has 1 aromatic heterocycles. The second-order valence-electron chi connectivity index (χ2n) is 8.64. The van der Waals surface area contributed by atoms with Crippen LogP contribution in [0.2, 0.25) is 0 Å². The van der Waals surface area contributed by atoms with Crippen LogP contribution in [0, 0.1) is 11.8 Å². The summed E-state index contributed by atoms with van der Waals surface area (Å²) in [5, 5.41) is 3.17. The van der Waals surface area contributed by atoms with E-state index in [9.17, 15) is 18.0 Å². The van der Waals surface area contributed by atoms with Crippen molar-refractivity contribution in [3.05, 3.63) is 28.7 Å². The molecule has 1 aromatic carbocycles. The first-order valence-electron chi connectivity index (χ1n) is 10.7. The van der Waals surface area contributed by atoms with Gasteiger partial charge in [0, 0.05) is 32.2 Å². The van der Waals surface area contributed by atoms with Crippen LogP contribution in [0.3, 0.4) is 0 Å². The number of oxazole rings is 1. The molecule has 1 aliphatic heterocycles. The van der Waals surface area contributed by atoms with Crippen LogP contribution in [0.1, 0.15) is 45.4 Å². The Kier molecular flexibility index (Phi) is 5.76. The molecular formula is C21H29N3O5S. The van der Waals surface area contributed by atoms with Crippen molar-refractivity contribution in [1.29, 1.82) is 0 Å². The van der Waals surface area contributed by atoms with Crippen molar-refractivity contribution in [2.24, 2.45) is 18.9 Å². The molecule has 1 saturated carbocycles. The van der Waals surface area contributed by atoms with Crippen molar-refractivity contribution in [3.8, 4) is 0 Å². The Morgan fingerprint density at radius 1 is 1.17 bits per heavy atom. The molecular weight excluding hydrogens is 406 g/mol. The molecule has 1 saturated heterocycles. The second kappa shape index (κ2) is 8.19. The number of amides is 1. The summed E-state index contributed by atoms with van der Waals surface area (Å²) in [6.07, 6.45) is 5.76. The van der Waals surface area contributed by atoms with E-state index in [0.717, 1.165) is 19.3 Å². The number of rotatable bonds is 4. The number of aromatic nitrogens is 1. The van der Waals surface area contributed by atoms with Gasteiger partial charge in [-0.2, -0.15) is 4.31 Å². The molecule has 0 bridgehead atoms. The van der Waals surface area contributed by atoms with Gasteiger partial charge in [-0.1, -0.05) is 19.8 Å². The summed E-state index contributed by atoms with van der Waals surface area (Å²) in [5.74, 6) is -0.469. The Bertz CT molecular complexity index is 1100. The van der Waals surface area contributed by atoms with E-state index in [1.165, 1.54) is 27.4 Å². The number of carbonyl (C=O) groups is 1. The van der Waals surface area contributed by atoms with Crippen LogP contribution < -0.4 is 11.1 Å². The molecule has 9 heteroatoms. The van der Waals surface area contributed by atoms with Gasteiger partial charge in [0.05, 0.1) is 16.3 Å². The highest BCUT2D eigenvalue weighted by molar-refractivity contribution is 7.89. The fourth-order valence-corrected chi connectivity index (χ4v) is 6.17. The average Bonchev–Trinajstić information content (AvgIpc) is 3.03. The maximum Gasteiger partial charge on any atom is 0.419 e. The number of carbonyl (C=O) groups excluding carboxylic acids is 1. The Labute approximate surface area is 176 Å². The molecule has 30 heavy (non-hydrogen) atoms. The summed E-state index contributed by atoms with van der Waals surface area (Å²) < 4.78 is 34.3. The van der Waals surface area contributed by atoms with Crippen LogP contribution in [0.4, 0.5) is 0 Å². The van der Waals surface area contributed by atoms with Gasteiger partial charge in [0.15, 0.2) is 5.58 Å². The minimum absolute atomic E-state index is 0.0434. The molecule has 2 aromatic rings. The van der Waals surface area contributed by atoms with E-state index < -0.39 is 15.8 Å². The van der Waals surface area contributed by atoms with Gasteiger partial charge in [-0.15, -0.1) is 0 Å². The molecule has 1 aliphatic carbocycles. The number of benzene rings is 1. The van der Waals surface area contributed by atoms with Gasteiger partial charge in [-0.25, -0.2) is 13.2 Å². The zero-order chi connectivity index (χ0) is 21.5. The number of piperidine rings is 1. The summed E-state index contributed by atoms with van der Waals surface area (Å²) in [4.78, 5) is 24.6. The highest BCUT2D eigenvalue weighted by Crippen LogP contribution is 2.28. The zero-order valence-electron chi connectivity index (χ0n) is 17.5. The summed E-state index contributed by atoms with van der Waals surface area (Å²) >= 11 is 0. The van der Waals surface area contributed by atoms with Gasteiger partial charge >= 0.3 is 5.76 Å². The molecule has 1 N–H and O–H groups in total. The Hall–Kier alpha value is -2.13. The number of aryl methyl sites for hydroxylation is 1. The number of sulfonamides is 1. The van der Waals surface area contributed by atoms with Gasteiger partial charge < -0.3 is 9.73 Å². The number of hydrogen-bond donors (Lipinski definition) is 1. The molecule has 2 aliphatic rings. The summed E-state index contributed by atoms with van der Waals surface area (Å²) in [6, 6.07) is 4.63. The standard InChI is InChI=1S/C21H29N3O5S/c1-14-6-3-4-8-17(14)22-20(25)15-7-5-11-24(13-15)30(27,28)16-9-10-18-19(12-16)29-21(26)23(18)2/h9-10,12,14-15,17H,3-8,11,13H2,1-2H3,(H,22,25). The largest absolute Gasteiger partial charge is 0.419 e. The van der Waals surface area contributed by atoms with Crippen molar-refractivity contribution in [2.75, 3.05) is 13.1 Å². The van der Waals surface area contributed by atoms with E-state index in [-0.39, 0.29) is 34.9 Å². The fourth-order valence-electron chi connectivity index (χ4n) is 4.63. The smallest absolute Gasteiger partial charge is 0.408 e. The second-order valence-corrected chi connectivity index (χ2v) is 10.6. The molecule has 0 spiro atoms. The number of fused-ring (bicyclic) bond motifs is 1. The van der Waals surface area contributed by atoms with Gasteiger partial charge in [-0.05, 0) is 43.7 Å². The van der Waals surface area contributed by atoms with Gasteiger partial charge in [0.25, 0.3) is 0 Å². The van der Waals surface area contributed by atoms with Crippen molar-refractivity contribution in [3.63, 3.8) is 0 Å². The third-order valence-corrected chi connectivity index (χ3v) is 8.46. The van der Waals surface area contributed by atoms with Crippen LogP contribution in [0.5, 0.6) is 0 Å². The van der Waals surface area contributed by atoms with Crippen molar-refractivity contribution >= 4 is 27.0 Å². The van der Waals surface area contributed by atoms with E-state index in [4.69, 9.17) is 4.42 Å². The van der Waals surface area contributed by atoms with Crippen LogP contribution in [-0.2, 0) is 21.9 Å². The molecule has 3 atom stereocenters. The zero-order valence-corrected chi connectivity index (χ0v) is 18.3. The first-order valence-corrected chi connectivity index (χ1v) is 12.1. The first-order chi connectivity index (χ1) is 14.3. The molecule has 1 amide bonds. The summed E-state index contributed by atoms with van der Waals surface area (Å²) in [5.41, 5.74) is 0.776. The Morgan fingerprint density at radius 3 is 2.70 bits per heavy atom. The van der Waals surface area contributed by atoms with Crippen LogP contribution >= 0.6 is 0 Å². The maximum absolute atomic E-state index is 13.2. The average molecular weight is 436 g/mol. The predicted molar refractivity (Wildman–Crippen MR) is 113 cm³/mol. The fraction of sp³-hybridized carbons (Fsp3) is 0.619. The Balaban J connectivity index is 1.50. The monoisotopic (exact) mass is 435 g/mol. The first kappa shape index (κ1) is 21.1. The minimum Gasteiger partial charge on any atom is -0.408 e. The topological polar surface area (TPSA) is 102 Å². The third-order valence-electron chi connectivity index (χ3n) is 6.60. The number of nitrogens with zero attached hydrogens (tertiary/aromatic N) is 2. The lowest BCUT2D eigenvalue weighted by molar-refractivity contribution is -0.127. The minimum atomic E-state index is -3.79. The molecule has 2 heterocycles. The van der Waals surface area contributed by atoms with Crippen molar-refractivity contribution in [1.82, 2.24) is 14.2 Å². The highest BCUT2D eigenvalue weighted by Gasteiger charge is 2.35. The van der Waals surface area contributed by atoms with Crippen LogP contribution in [-0.4, -0.2) is 42.3 Å². The SMILES string of the molecule is CC1CCCCC1NC(=O)C1CCCN(S(=O)(=O)c2ccc3c(c2)oc(=O)n3C)C1. The van der Waals surface area contributed by atoms with Gasteiger partial charge in [0.2, 0.25) is 15.9 Å². The Morgan fingerprint density at radius 2 is 1.93 bits per heavy atom. The maximum atomic E-state index is 13.2. The van der Waals surface area contributed by atoms with Crippen molar-refractivity contribution in [2.45, 2.75) is 56.4 Å². The van der Waals surface area contributed by atoms with E-state index >= 15 is 0 Å². The number of hydrogen-bond acceptors (Lipinski definition) is 5. The highest BCUT2D eigenvalue weighted by atomic mass is 32.2. The van der Waals surface area contributed by atoms with Gasteiger partial charge in [-0.3, -0.25) is 9.36 Å². The van der Waals surface area contributed by atoms with Gasteiger partial charge in [0.1, 0.15) is 0 Å². The molecule has 2 fully saturated rings. The van der Waals surface area contributed by atoms with Crippen LogP contribution in [0.15, 0.2) is 32.3 Å². The molecule has 3 unspecified atom stereocenters. The lowest BCUT2D eigenvalue weighted by Gasteiger charge is -2.34. The molecule has 164 valence electrons. The van der Waals surface area contributed by atoms with E-state index in [0.29, 0.717) is 30.8 Å². The quantitative estimate of drug-likeness (QED) is 0.794. The van der Waals surface area contributed by atoms with Crippen molar-refractivity contribution < 1.29 is 17.6 Å². The normalized spacial score (nSPS) is 26.0. The molecule has 0 radical (unpaired) electrons. The molecule has 8 nitrogen and oxygen atoms in total. The van der Waals surface area contributed by atoms with Crippen LogP contribution in [0.25, 0.3) is 11.1 Å². The third kappa shape index (κ3) is 3.92. The number of nitrogens with one attached hydrogen (secondary N) is 1. The van der Waals surface area contributed by atoms with E-state index in [1.807, 2.05) is 0 Å². The molecule has 4 rings (SSSR count). The summed E-state index contributed by atoms with van der Waals surface area (Å²) in [6.45, 7) is 2.72. The predicted octanol–water partition coefficient (Wildman–Crippen LogP) is 2.23. The summed E-state index contributed by atoms with van der Waals surface area (Å²) in [7, 11) is -2.21. The lowest BCUT2D eigenvalue weighted by atomic mass is 9.85. The lowest BCUT2D eigenvalue weighted by Crippen LogP contribution is -2.49. The van der Waals surface area contributed by atoms with E-state index in [1.54, 1.807) is 13.1 Å².